The lowest BCUT2D eigenvalue weighted by molar-refractivity contribution is -0.136. The highest BCUT2D eigenvalue weighted by molar-refractivity contribution is 6.45. The monoisotopic (exact) mass is 433 g/mol. The van der Waals surface area contributed by atoms with Gasteiger partial charge in [-0.05, 0) is 25.0 Å². The number of carboxylic acid groups (broad SMARTS) is 1. The minimum absolute atomic E-state index is 0.111. The van der Waals surface area contributed by atoms with Crippen molar-refractivity contribution in [2.45, 2.75) is 25.3 Å². The van der Waals surface area contributed by atoms with Crippen molar-refractivity contribution in [2.75, 3.05) is 24.5 Å². The van der Waals surface area contributed by atoms with Gasteiger partial charge in [0.2, 0.25) is 0 Å². The molecule has 0 radical (unpaired) electrons. The van der Waals surface area contributed by atoms with Gasteiger partial charge in [0.1, 0.15) is 5.82 Å². The Kier molecular flexibility index (Phi) is 5.89. The molecule has 2 aromatic heterocycles. The van der Waals surface area contributed by atoms with Crippen LogP contribution in [0.1, 0.15) is 19.3 Å². The summed E-state index contributed by atoms with van der Waals surface area (Å²) in [5.74, 6) is 0.0290. The van der Waals surface area contributed by atoms with Crippen LogP contribution >= 0.6 is 23.2 Å². The molecule has 29 heavy (non-hydrogen) atoms. The zero-order chi connectivity index (χ0) is 20.4. The predicted molar refractivity (Wildman–Crippen MR) is 114 cm³/mol. The lowest BCUT2D eigenvalue weighted by Gasteiger charge is -2.27. The third-order valence-electron chi connectivity index (χ3n) is 5.19. The van der Waals surface area contributed by atoms with Gasteiger partial charge in [-0.15, -0.1) is 0 Å². The Labute approximate surface area is 178 Å². The van der Waals surface area contributed by atoms with Gasteiger partial charge < -0.3 is 19.9 Å². The lowest BCUT2D eigenvalue weighted by atomic mass is 10.1. The van der Waals surface area contributed by atoms with E-state index in [0.29, 0.717) is 28.7 Å². The molecule has 1 aliphatic rings. The first-order valence-electron chi connectivity index (χ1n) is 9.51. The highest BCUT2D eigenvalue weighted by Crippen LogP contribution is 2.36. The number of carbonyl (C=O) groups is 1. The van der Waals surface area contributed by atoms with E-state index in [9.17, 15) is 4.79 Å². The second-order valence-corrected chi connectivity index (χ2v) is 7.85. The number of aliphatic carboxylic acids is 1. The lowest BCUT2D eigenvalue weighted by Crippen LogP contribution is -2.39. The van der Waals surface area contributed by atoms with Gasteiger partial charge in [0.05, 0.1) is 34.0 Å². The first-order chi connectivity index (χ1) is 14.0. The van der Waals surface area contributed by atoms with Gasteiger partial charge >= 0.3 is 5.97 Å². The molecule has 3 aromatic rings. The molecule has 152 valence electrons. The summed E-state index contributed by atoms with van der Waals surface area (Å²) in [6, 6.07) is 5.98. The Morgan fingerprint density at radius 2 is 2.21 bits per heavy atom. The summed E-state index contributed by atoms with van der Waals surface area (Å²) in [4.78, 5) is 22.0. The zero-order valence-electron chi connectivity index (χ0n) is 15.7. The fraction of sp³-hybridized carbons (Fsp3) is 0.350. The molecule has 9 heteroatoms. The van der Waals surface area contributed by atoms with E-state index < -0.39 is 5.97 Å². The molecule has 1 atom stereocenters. The summed E-state index contributed by atoms with van der Waals surface area (Å²) in [6.07, 6.45) is 7.54. The average Bonchev–Trinajstić information content (AvgIpc) is 3.39. The van der Waals surface area contributed by atoms with Crippen molar-refractivity contribution in [1.82, 2.24) is 19.9 Å². The summed E-state index contributed by atoms with van der Waals surface area (Å²) in [7, 11) is 0. The van der Waals surface area contributed by atoms with Crippen molar-refractivity contribution in [1.29, 1.82) is 0 Å². The standard InChI is InChI=1S/C20H21Cl2N5O2/c21-15-4-3-14-16(26-9-7-24-12-26)10-17(25-20(14)19(15)22)27-8-1-2-13(27)11-23-6-5-18(28)29/h3-4,7,9-10,12-13,23H,1-2,5-6,8,11H2,(H,28,29). The molecule has 4 rings (SSSR count). The molecule has 1 aliphatic heterocycles. The smallest absolute Gasteiger partial charge is 0.304 e. The topological polar surface area (TPSA) is 83.3 Å². The van der Waals surface area contributed by atoms with Crippen molar-refractivity contribution in [3.63, 3.8) is 0 Å². The number of benzene rings is 1. The molecule has 0 spiro atoms. The number of imidazole rings is 1. The number of hydrogen-bond donors (Lipinski definition) is 2. The van der Waals surface area contributed by atoms with Crippen LogP contribution in [0, 0.1) is 0 Å². The number of nitrogens with zero attached hydrogens (tertiary/aromatic N) is 4. The van der Waals surface area contributed by atoms with E-state index >= 15 is 0 Å². The Bertz CT molecular complexity index is 1030. The first kappa shape index (κ1) is 19.9. The maximum absolute atomic E-state index is 10.7. The normalized spacial score (nSPS) is 16.6. The van der Waals surface area contributed by atoms with Crippen molar-refractivity contribution in [3.8, 4) is 5.69 Å². The molecule has 1 unspecified atom stereocenters. The average molecular weight is 434 g/mol. The van der Waals surface area contributed by atoms with Crippen molar-refractivity contribution >= 4 is 45.9 Å². The molecular formula is C20H21Cl2N5O2. The van der Waals surface area contributed by atoms with Crippen molar-refractivity contribution < 1.29 is 9.90 Å². The van der Waals surface area contributed by atoms with Crippen LogP contribution in [0.15, 0.2) is 36.9 Å². The quantitative estimate of drug-likeness (QED) is 0.551. The van der Waals surface area contributed by atoms with Crippen LogP contribution in [0.3, 0.4) is 0 Å². The van der Waals surface area contributed by atoms with Crippen LogP contribution in [0.25, 0.3) is 16.6 Å². The van der Waals surface area contributed by atoms with E-state index in [1.807, 2.05) is 22.9 Å². The summed E-state index contributed by atoms with van der Waals surface area (Å²) in [5.41, 5.74) is 1.59. The second-order valence-electron chi connectivity index (χ2n) is 7.06. The van der Waals surface area contributed by atoms with Crippen LogP contribution in [0.5, 0.6) is 0 Å². The number of fused-ring (bicyclic) bond motifs is 1. The van der Waals surface area contributed by atoms with Crippen LogP contribution < -0.4 is 10.2 Å². The number of pyridine rings is 1. The van der Waals surface area contributed by atoms with E-state index in [-0.39, 0.29) is 12.5 Å². The summed E-state index contributed by atoms with van der Waals surface area (Å²) in [6.45, 7) is 2.04. The number of nitrogens with one attached hydrogen (secondary N) is 1. The fourth-order valence-corrected chi connectivity index (χ4v) is 4.14. The molecule has 0 saturated carbocycles. The number of hydrogen-bond acceptors (Lipinski definition) is 5. The van der Waals surface area contributed by atoms with Gasteiger partial charge in [-0.1, -0.05) is 23.2 Å². The van der Waals surface area contributed by atoms with Gasteiger partial charge in [-0.2, -0.15) is 0 Å². The molecule has 0 amide bonds. The van der Waals surface area contributed by atoms with Crippen LogP contribution in [0.4, 0.5) is 5.82 Å². The van der Waals surface area contributed by atoms with E-state index in [1.54, 1.807) is 18.6 Å². The minimum atomic E-state index is -0.798. The van der Waals surface area contributed by atoms with E-state index in [1.165, 1.54) is 0 Å². The highest BCUT2D eigenvalue weighted by Gasteiger charge is 2.27. The summed E-state index contributed by atoms with van der Waals surface area (Å²) < 4.78 is 1.94. The zero-order valence-corrected chi connectivity index (χ0v) is 17.2. The van der Waals surface area contributed by atoms with E-state index in [0.717, 1.165) is 36.3 Å². The van der Waals surface area contributed by atoms with Crippen LogP contribution in [0.2, 0.25) is 10.0 Å². The van der Waals surface area contributed by atoms with Gasteiger partial charge in [0, 0.05) is 49.5 Å². The third-order valence-corrected chi connectivity index (χ3v) is 5.98. The minimum Gasteiger partial charge on any atom is -0.481 e. The fourth-order valence-electron chi connectivity index (χ4n) is 3.78. The molecule has 0 bridgehead atoms. The van der Waals surface area contributed by atoms with Crippen LogP contribution in [-0.2, 0) is 4.79 Å². The summed E-state index contributed by atoms with van der Waals surface area (Å²) >= 11 is 12.8. The van der Waals surface area contributed by atoms with Gasteiger partial charge in [0.25, 0.3) is 0 Å². The SMILES string of the molecule is O=C(O)CCNCC1CCCN1c1cc(-n2ccnc2)c2ccc(Cl)c(Cl)c2n1. The Balaban J connectivity index is 1.69. The van der Waals surface area contributed by atoms with Gasteiger partial charge in [0.15, 0.2) is 0 Å². The molecule has 0 aliphatic carbocycles. The molecule has 1 saturated heterocycles. The maximum atomic E-state index is 10.7. The Morgan fingerprint density at radius 1 is 1.34 bits per heavy atom. The van der Waals surface area contributed by atoms with Gasteiger partial charge in [-0.25, -0.2) is 9.97 Å². The number of rotatable bonds is 7. The second kappa shape index (κ2) is 8.57. The largest absolute Gasteiger partial charge is 0.481 e. The maximum Gasteiger partial charge on any atom is 0.304 e. The molecule has 7 nitrogen and oxygen atoms in total. The Morgan fingerprint density at radius 3 is 2.97 bits per heavy atom. The molecule has 2 N–H and O–H groups in total. The van der Waals surface area contributed by atoms with Crippen molar-refractivity contribution in [2.24, 2.45) is 0 Å². The molecule has 1 aromatic carbocycles. The molecule has 3 heterocycles. The first-order valence-corrected chi connectivity index (χ1v) is 10.3. The van der Waals surface area contributed by atoms with E-state index in [2.05, 4.69) is 15.2 Å². The number of halogens is 2. The van der Waals surface area contributed by atoms with Crippen LogP contribution in [-0.4, -0.2) is 51.3 Å². The number of carboxylic acids is 1. The summed E-state index contributed by atoms with van der Waals surface area (Å²) in [5, 5.41) is 13.9. The molecule has 1 fully saturated rings. The van der Waals surface area contributed by atoms with Gasteiger partial charge in [-0.3, -0.25) is 4.79 Å². The molecular weight excluding hydrogens is 413 g/mol. The van der Waals surface area contributed by atoms with Crippen molar-refractivity contribution in [3.05, 3.63) is 47.0 Å². The number of anilines is 1. The highest BCUT2D eigenvalue weighted by atomic mass is 35.5. The Hall–Kier alpha value is -2.35. The van der Waals surface area contributed by atoms with E-state index in [4.69, 9.17) is 33.3 Å². The third kappa shape index (κ3) is 4.17. The number of aromatic nitrogens is 3. The predicted octanol–water partition coefficient (Wildman–Crippen LogP) is 3.76.